The Morgan fingerprint density at radius 1 is 1.27 bits per heavy atom. The number of para-hydroxylation sites is 1. The second-order valence-corrected chi connectivity index (χ2v) is 6.68. The van der Waals surface area contributed by atoms with Gasteiger partial charge in [0.2, 0.25) is 0 Å². The maximum Gasteiger partial charge on any atom is 0.257 e. The van der Waals surface area contributed by atoms with Crippen LogP contribution in [0.3, 0.4) is 0 Å². The lowest BCUT2D eigenvalue weighted by molar-refractivity contribution is 0.0430. The number of anilines is 1. The molecule has 1 fully saturated rings. The Morgan fingerprint density at radius 3 is 2.95 bits per heavy atom. The van der Waals surface area contributed by atoms with Crippen molar-refractivity contribution in [2.24, 2.45) is 0 Å². The van der Waals surface area contributed by atoms with E-state index in [0.717, 1.165) is 35.6 Å². The minimum absolute atomic E-state index is 0.0863. The quantitative estimate of drug-likeness (QED) is 0.943. The fraction of sp³-hybridized carbons (Fsp3) is 0.353. The maximum absolute atomic E-state index is 12.9. The molecule has 4 nitrogen and oxygen atoms in total. The van der Waals surface area contributed by atoms with E-state index in [4.69, 9.17) is 4.74 Å². The third-order valence-corrected chi connectivity index (χ3v) is 5.18. The zero-order valence-electron chi connectivity index (χ0n) is 12.2. The van der Waals surface area contributed by atoms with Gasteiger partial charge in [-0.2, -0.15) is 0 Å². The van der Waals surface area contributed by atoms with E-state index in [0.29, 0.717) is 6.54 Å². The fourth-order valence-corrected chi connectivity index (χ4v) is 3.95. The Kier molecular flexibility index (Phi) is 3.60. The van der Waals surface area contributed by atoms with Gasteiger partial charge in [-0.25, -0.2) is 0 Å². The molecule has 2 aliphatic heterocycles. The molecule has 0 unspecified atom stereocenters. The van der Waals surface area contributed by atoms with Gasteiger partial charge in [0.15, 0.2) is 0 Å². The molecule has 1 aromatic carbocycles. The Balaban J connectivity index is 1.69. The number of benzene rings is 1. The molecule has 2 aliphatic rings. The summed E-state index contributed by atoms with van der Waals surface area (Å²) in [5.41, 5.74) is 1.66. The maximum atomic E-state index is 12.9. The molecule has 1 aromatic heterocycles. The van der Waals surface area contributed by atoms with Gasteiger partial charge in [0, 0.05) is 23.7 Å². The van der Waals surface area contributed by atoms with E-state index in [-0.39, 0.29) is 18.2 Å². The zero-order chi connectivity index (χ0) is 14.9. The average molecular weight is 314 g/mol. The molecule has 22 heavy (non-hydrogen) atoms. The third kappa shape index (κ3) is 2.40. The number of nitrogens with one attached hydrogen (secondary N) is 1. The molecule has 1 N–H and O–H groups in total. The molecule has 1 saturated heterocycles. The van der Waals surface area contributed by atoms with Gasteiger partial charge < -0.3 is 15.0 Å². The number of fused-ring (bicyclic) bond motifs is 1. The van der Waals surface area contributed by atoms with Crippen molar-refractivity contribution in [1.29, 1.82) is 0 Å². The van der Waals surface area contributed by atoms with E-state index in [2.05, 4.69) is 11.4 Å². The van der Waals surface area contributed by atoms with Gasteiger partial charge >= 0.3 is 0 Å². The van der Waals surface area contributed by atoms with E-state index in [1.165, 1.54) is 0 Å². The van der Waals surface area contributed by atoms with Crippen LogP contribution < -0.4 is 5.32 Å². The number of hydrogen-bond donors (Lipinski definition) is 1. The van der Waals surface area contributed by atoms with E-state index < -0.39 is 0 Å². The van der Waals surface area contributed by atoms with Crippen molar-refractivity contribution in [3.05, 3.63) is 52.2 Å². The summed E-state index contributed by atoms with van der Waals surface area (Å²) in [4.78, 5) is 16.0. The van der Waals surface area contributed by atoms with Crippen molar-refractivity contribution in [2.75, 3.05) is 18.5 Å². The van der Waals surface area contributed by atoms with E-state index in [1.54, 1.807) is 11.3 Å². The summed E-state index contributed by atoms with van der Waals surface area (Å²) in [5.74, 6) is 0.0863. The third-order valence-electron chi connectivity index (χ3n) is 4.26. The summed E-state index contributed by atoms with van der Waals surface area (Å²) >= 11 is 1.67. The normalized spacial score (nSPS) is 24.2. The SMILES string of the molecule is O=C1c2ccccc2N[C@@H](c2cccs2)N1C[C@H]1CCCO1. The van der Waals surface area contributed by atoms with Crippen LogP contribution in [0.5, 0.6) is 0 Å². The molecular formula is C17H18N2O2S. The van der Waals surface area contributed by atoms with Crippen LogP contribution in [-0.4, -0.2) is 30.1 Å². The lowest BCUT2D eigenvalue weighted by Gasteiger charge is -2.38. The van der Waals surface area contributed by atoms with Gasteiger partial charge in [-0.05, 0) is 36.4 Å². The first-order chi connectivity index (χ1) is 10.8. The number of hydrogen-bond acceptors (Lipinski definition) is 4. The fourth-order valence-electron chi connectivity index (χ4n) is 3.16. The standard InChI is InChI=1S/C17H18N2O2S/c20-17-13-6-1-2-7-14(13)18-16(15-8-4-10-22-15)19(17)11-12-5-3-9-21-12/h1-2,4,6-8,10,12,16,18H,3,5,9,11H2/t12-,16-/m1/s1. The lowest BCUT2D eigenvalue weighted by atomic mass is 10.1. The van der Waals surface area contributed by atoms with E-state index in [1.807, 2.05) is 40.6 Å². The lowest BCUT2D eigenvalue weighted by Crippen LogP contribution is -2.46. The predicted octanol–water partition coefficient (Wildman–Crippen LogP) is 3.49. The number of nitrogens with zero attached hydrogens (tertiary/aromatic N) is 1. The molecule has 114 valence electrons. The molecule has 0 aliphatic carbocycles. The highest BCUT2D eigenvalue weighted by Gasteiger charge is 2.35. The van der Waals surface area contributed by atoms with E-state index >= 15 is 0 Å². The second kappa shape index (κ2) is 5.74. The number of carbonyl (C=O) groups excluding carboxylic acids is 1. The number of ether oxygens (including phenoxy) is 1. The van der Waals surface area contributed by atoms with Gasteiger partial charge in [-0.1, -0.05) is 18.2 Å². The molecule has 2 aromatic rings. The molecule has 0 radical (unpaired) electrons. The smallest absolute Gasteiger partial charge is 0.257 e. The van der Waals surface area contributed by atoms with Crippen molar-refractivity contribution in [3.8, 4) is 0 Å². The van der Waals surface area contributed by atoms with Gasteiger partial charge in [0.1, 0.15) is 6.17 Å². The molecule has 0 bridgehead atoms. The highest BCUT2D eigenvalue weighted by Crippen LogP contribution is 2.35. The Bertz CT molecular complexity index is 665. The first-order valence-corrected chi connectivity index (χ1v) is 8.52. The number of amides is 1. The van der Waals surface area contributed by atoms with Crippen LogP contribution in [0.1, 0.15) is 34.2 Å². The largest absolute Gasteiger partial charge is 0.376 e. The van der Waals surface area contributed by atoms with Gasteiger partial charge in [-0.15, -0.1) is 11.3 Å². The molecular weight excluding hydrogens is 296 g/mol. The summed E-state index contributed by atoms with van der Waals surface area (Å²) < 4.78 is 5.74. The van der Waals surface area contributed by atoms with Crippen LogP contribution in [0.25, 0.3) is 0 Å². The zero-order valence-corrected chi connectivity index (χ0v) is 13.0. The minimum atomic E-state index is -0.105. The summed E-state index contributed by atoms with van der Waals surface area (Å²) in [7, 11) is 0. The molecule has 2 atom stereocenters. The number of thiophene rings is 1. The van der Waals surface area contributed by atoms with Crippen LogP contribution in [-0.2, 0) is 4.74 Å². The van der Waals surface area contributed by atoms with Crippen LogP contribution in [0.15, 0.2) is 41.8 Å². The van der Waals surface area contributed by atoms with Gasteiger partial charge in [0.25, 0.3) is 5.91 Å². The summed E-state index contributed by atoms with van der Waals surface area (Å²) in [6.07, 6.45) is 2.16. The second-order valence-electron chi connectivity index (χ2n) is 5.70. The highest BCUT2D eigenvalue weighted by molar-refractivity contribution is 7.10. The van der Waals surface area contributed by atoms with Crippen LogP contribution >= 0.6 is 11.3 Å². The highest BCUT2D eigenvalue weighted by atomic mass is 32.1. The molecule has 4 rings (SSSR count). The van der Waals surface area contributed by atoms with Crippen molar-refractivity contribution < 1.29 is 9.53 Å². The Morgan fingerprint density at radius 2 is 2.18 bits per heavy atom. The summed E-state index contributed by atoms with van der Waals surface area (Å²) in [5, 5.41) is 5.56. The first kappa shape index (κ1) is 13.8. The number of rotatable bonds is 3. The van der Waals surface area contributed by atoms with Crippen LogP contribution in [0.4, 0.5) is 5.69 Å². The predicted molar refractivity (Wildman–Crippen MR) is 87.1 cm³/mol. The minimum Gasteiger partial charge on any atom is -0.376 e. The number of carbonyl (C=O) groups is 1. The van der Waals surface area contributed by atoms with Crippen LogP contribution in [0, 0.1) is 0 Å². The van der Waals surface area contributed by atoms with Crippen molar-refractivity contribution in [3.63, 3.8) is 0 Å². The average Bonchev–Trinajstić information content (AvgIpc) is 3.23. The monoisotopic (exact) mass is 314 g/mol. The summed E-state index contributed by atoms with van der Waals surface area (Å²) in [6, 6.07) is 11.8. The van der Waals surface area contributed by atoms with Gasteiger partial charge in [-0.3, -0.25) is 4.79 Å². The van der Waals surface area contributed by atoms with E-state index in [9.17, 15) is 4.79 Å². The first-order valence-electron chi connectivity index (χ1n) is 7.64. The van der Waals surface area contributed by atoms with Crippen molar-refractivity contribution in [1.82, 2.24) is 4.90 Å². The molecule has 0 spiro atoms. The molecule has 5 heteroatoms. The topological polar surface area (TPSA) is 41.6 Å². The Hall–Kier alpha value is -1.85. The van der Waals surface area contributed by atoms with Crippen molar-refractivity contribution in [2.45, 2.75) is 25.1 Å². The Labute approximate surface area is 133 Å². The molecule has 1 amide bonds. The van der Waals surface area contributed by atoms with Crippen LogP contribution in [0.2, 0.25) is 0 Å². The molecule has 0 saturated carbocycles. The molecule has 3 heterocycles. The summed E-state index contributed by atoms with van der Waals surface area (Å²) in [6.45, 7) is 1.45. The van der Waals surface area contributed by atoms with Crippen molar-refractivity contribution >= 4 is 22.9 Å². The van der Waals surface area contributed by atoms with Gasteiger partial charge in [0.05, 0.1) is 11.7 Å².